The summed E-state index contributed by atoms with van der Waals surface area (Å²) in [5, 5.41) is 3.17. The Balaban J connectivity index is 1.75. The largest absolute Gasteiger partial charge is 0.371 e. The molecule has 1 unspecified atom stereocenters. The third-order valence-electron chi connectivity index (χ3n) is 5.36. The van der Waals surface area contributed by atoms with Gasteiger partial charge >= 0.3 is 0 Å². The van der Waals surface area contributed by atoms with Crippen LogP contribution in [-0.4, -0.2) is 37.2 Å². The van der Waals surface area contributed by atoms with E-state index in [1.54, 1.807) is 0 Å². The van der Waals surface area contributed by atoms with Gasteiger partial charge in [-0.2, -0.15) is 0 Å². The van der Waals surface area contributed by atoms with Crippen molar-refractivity contribution in [2.75, 3.05) is 24.6 Å². The number of anilines is 1. The van der Waals surface area contributed by atoms with Crippen molar-refractivity contribution < 1.29 is 9.53 Å². The van der Waals surface area contributed by atoms with Crippen LogP contribution in [-0.2, 0) is 16.0 Å². The second kappa shape index (κ2) is 6.52. The van der Waals surface area contributed by atoms with Crippen LogP contribution in [0.4, 0.5) is 5.69 Å². The first kappa shape index (κ1) is 16.3. The predicted molar refractivity (Wildman–Crippen MR) is 92.7 cm³/mol. The number of benzene rings is 1. The van der Waals surface area contributed by atoms with Gasteiger partial charge in [-0.05, 0) is 36.8 Å². The van der Waals surface area contributed by atoms with E-state index in [9.17, 15) is 4.79 Å². The number of amides is 1. The monoisotopic (exact) mass is 316 g/mol. The van der Waals surface area contributed by atoms with E-state index in [0.29, 0.717) is 5.92 Å². The first-order chi connectivity index (χ1) is 11.1. The number of carbonyl (C=O) groups is 1. The summed E-state index contributed by atoms with van der Waals surface area (Å²) in [5.74, 6) is 0.404. The van der Waals surface area contributed by atoms with Gasteiger partial charge in [-0.1, -0.05) is 39.0 Å². The Morgan fingerprint density at radius 3 is 2.65 bits per heavy atom. The lowest BCUT2D eigenvalue weighted by Gasteiger charge is -2.50. The highest BCUT2D eigenvalue weighted by Crippen LogP contribution is 2.37. The van der Waals surface area contributed by atoms with Crippen molar-refractivity contribution in [2.45, 2.75) is 51.7 Å². The van der Waals surface area contributed by atoms with Gasteiger partial charge < -0.3 is 15.0 Å². The highest BCUT2D eigenvalue weighted by molar-refractivity contribution is 5.78. The number of nitrogens with one attached hydrogen (secondary N) is 1. The van der Waals surface area contributed by atoms with Crippen molar-refractivity contribution >= 4 is 11.6 Å². The van der Waals surface area contributed by atoms with Crippen LogP contribution < -0.4 is 10.2 Å². The smallest absolute Gasteiger partial charge is 0.246 e. The summed E-state index contributed by atoms with van der Waals surface area (Å²) < 4.78 is 6.09. The summed E-state index contributed by atoms with van der Waals surface area (Å²) in [7, 11) is 0. The fourth-order valence-corrected chi connectivity index (χ4v) is 4.12. The minimum atomic E-state index is -0.195. The number of rotatable bonds is 3. The maximum Gasteiger partial charge on any atom is 0.246 e. The summed E-state index contributed by atoms with van der Waals surface area (Å²) >= 11 is 0. The highest BCUT2D eigenvalue weighted by atomic mass is 16.5. The molecule has 1 N–H and O–H groups in total. The Labute approximate surface area is 139 Å². The molecule has 2 saturated heterocycles. The molecule has 0 radical (unpaired) electrons. The summed E-state index contributed by atoms with van der Waals surface area (Å²) in [5.41, 5.74) is 2.56. The van der Waals surface area contributed by atoms with Crippen molar-refractivity contribution in [2.24, 2.45) is 5.92 Å². The molecule has 1 aromatic rings. The SMILES string of the molecule is CCc1ccccc1N1CCC2(CC1)OCC(=O)NC2C(C)C. The van der Waals surface area contributed by atoms with Crippen molar-refractivity contribution in [3.63, 3.8) is 0 Å². The molecule has 4 nitrogen and oxygen atoms in total. The van der Waals surface area contributed by atoms with Gasteiger partial charge in [0, 0.05) is 18.8 Å². The molecule has 4 heteroatoms. The second-order valence-electron chi connectivity index (χ2n) is 7.11. The molecule has 2 fully saturated rings. The van der Waals surface area contributed by atoms with Gasteiger partial charge in [-0.25, -0.2) is 0 Å². The van der Waals surface area contributed by atoms with Gasteiger partial charge in [0.25, 0.3) is 0 Å². The molecule has 0 bridgehead atoms. The van der Waals surface area contributed by atoms with E-state index in [1.165, 1.54) is 11.3 Å². The van der Waals surface area contributed by atoms with E-state index in [-0.39, 0.29) is 24.2 Å². The van der Waals surface area contributed by atoms with Gasteiger partial charge in [-0.15, -0.1) is 0 Å². The fraction of sp³-hybridized carbons (Fsp3) is 0.632. The van der Waals surface area contributed by atoms with E-state index in [0.717, 1.165) is 32.4 Å². The highest BCUT2D eigenvalue weighted by Gasteiger charge is 2.47. The zero-order valence-corrected chi connectivity index (χ0v) is 14.5. The van der Waals surface area contributed by atoms with Gasteiger partial charge in [-0.3, -0.25) is 4.79 Å². The third kappa shape index (κ3) is 3.09. The minimum absolute atomic E-state index is 0.0214. The van der Waals surface area contributed by atoms with Crippen molar-refractivity contribution in [3.05, 3.63) is 29.8 Å². The molecule has 126 valence electrons. The number of hydrogen-bond acceptors (Lipinski definition) is 3. The lowest BCUT2D eigenvalue weighted by molar-refractivity contribution is -0.159. The number of morpholine rings is 1. The standard InChI is InChI=1S/C19H28N2O2/c1-4-15-7-5-6-8-16(15)21-11-9-19(10-12-21)18(14(2)3)20-17(22)13-23-19/h5-8,14,18H,4,9-13H2,1-3H3,(H,20,22). The second-order valence-corrected chi connectivity index (χ2v) is 7.11. The number of carbonyl (C=O) groups excluding carboxylic acids is 1. The third-order valence-corrected chi connectivity index (χ3v) is 5.36. The minimum Gasteiger partial charge on any atom is -0.371 e. The number of para-hydroxylation sites is 1. The molecule has 0 aliphatic carbocycles. The van der Waals surface area contributed by atoms with E-state index in [2.05, 4.69) is 55.3 Å². The van der Waals surface area contributed by atoms with Crippen LogP contribution in [0.2, 0.25) is 0 Å². The lowest BCUT2D eigenvalue weighted by atomic mass is 9.77. The molecular formula is C19H28N2O2. The molecular weight excluding hydrogens is 288 g/mol. The molecule has 3 rings (SSSR count). The van der Waals surface area contributed by atoms with Crippen LogP contribution in [0, 0.1) is 5.92 Å². The number of piperidine rings is 1. The molecule has 0 saturated carbocycles. The first-order valence-electron chi connectivity index (χ1n) is 8.82. The number of nitrogens with zero attached hydrogens (tertiary/aromatic N) is 1. The molecule has 1 aromatic carbocycles. The van der Waals surface area contributed by atoms with E-state index in [1.807, 2.05) is 0 Å². The van der Waals surface area contributed by atoms with Crippen LogP contribution in [0.1, 0.15) is 39.2 Å². The van der Waals surface area contributed by atoms with Gasteiger partial charge in [0.2, 0.25) is 5.91 Å². The summed E-state index contributed by atoms with van der Waals surface area (Å²) in [4.78, 5) is 14.2. The molecule has 1 spiro atoms. The van der Waals surface area contributed by atoms with Gasteiger partial charge in [0.05, 0.1) is 11.6 Å². The Morgan fingerprint density at radius 1 is 1.30 bits per heavy atom. The number of hydrogen-bond donors (Lipinski definition) is 1. The number of aryl methyl sites for hydroxylation is 1. The van der Waals surface area contributed by atoms with E-state index < -0.39 is 0 Å². The van der Waals surface area contributed by atoms with Gasteiger partial charge in [0.15, 0.2) is 0 Å². The molecule has 2 aliphatic rings. The van der Waals surface area contributed by atoms with Gasteiger partial charge in [0.1, 0.15) is 6.61 Å². The van der Waals surface area contributed by atoms with Crippen LogP contribution >= 0.6 is 0 Å². The van der Waals surface area contributed by atoms with E-state index in [4.69, 9.17) is 4.74 Å². The quantitative estimate of drug-likeness (QED) is 0.932. The Bertz CT molecular complexity index is 562. The normalized spacial score (nSPS) is 24.1. The predicted octanol–water partition coefficient (Wildman–Crippen LogP) is 2.76. The van der Waals surface area contributed by atoms with Crippen LogP contribution in [0.15, 0.2) is 24.3 Å². The Hall–Kier alpha value is -1.55. The number of ether oxygens (including phenoxy) is 1. The van der Waals surface area contributed by atoms with E-state index >= 15 is 0 Å². The first-order valence-corrected chi connectivity index (χ1v) is 8.82. The zero-order chi connectivity index (χ0) is 16.4. The topological polar surface area (TPSA) is 41.6 Å². The van der Waals surface area contributed by atoms with Crippen LogP contribution in [0.5, 0.6) is 0 Å². The lowest BCUT2D eigenvalue weighted by Crippen LogP contribution is -2.65. The average Bonchev–Trinajstić information content (AvgIpc) is 2.58. The van der Waals surface area contributed by atoms with Crippen LogP contribution in [0.3, 0.4) is 0 Å². The molecule has 2 aliphatic heterocycles. The maximum absolute atomic E-state index is 11.7. The molecule has 0 aromatic heterocycles. The maximum atomic E-state index is 11.7. The van der Waals surface area contributed by atoms with Crippen molar-refractivity contribution in [3.8, 4) is 0 Å². The Kier molecular flexibility index (Phi) is 4.62. The summed E-state index contributed by atoms with van der Waals surface area (Å²) in [6.45, 7) is 8.71. The molecule has 1 amide bonds. The molecule has 23 heavy (non-hydrogen) atoms. The summed E-state index contributed by atoms with van der Waals surface area (Å²) in [6, 6.07) is 8.79. The molecule has 1 atom stereocenters. The Morgan fingerprint density at radius 2 is 2.00 bits per heavy atom. The molecule has 2 heterocycles. The zero-order valence-electron chi connectivity index (χ0n) is 14.5. The fourth-order valence-electron chi connectivity index (χ4n) is 4.12. The van der Waals surface area contributed by atoms with Crippen molar-refractivity contribution in [1.82, 2.24) is 5.32 Å². The van der Waals surface area contributed by atoms with Crippen molar-refractivity contribution in [1.29, 1.82) is 0 Å². The van der Waals surface area contributed by atoms with Crippen LogP contribution in [0.25, 0.3) is 0 Å². The average molecular weight is 316 g/mol. The summed E-state index contributed by atoms with van der Waals surface area (Å²) in [6.07, 6.45) is 2.99.